The fraction of sp³-hybridized carbons (Fsp3) is 0.300. The lowest BCUT2D eigenvalue weighted by molar-refractivity contribution is -0.117. The van der Waals surface area contributed by atoms with Gasteiger partial charge in [-0.05, 0) is 61.4 Å². The molecule has 1 N–H and O–H groups in total. The molecule has 0 radical (unpaired) electrons. The van der Waals surface area contributed by atoms with Crippen LogP contribution >= 0.6 is 0 Å². The third-order valence-corrected chi connectivity index (χ3v) is 4.66. The largest absolute Gasteiger partial charge is 0.352 e. The maximum Gasteiger partial charge on any atom is 0.251 e. The second-order valence-electron chi connectivity index (χ2n) is 6.56. The number of hydrogen-bond donors (Lipinski definition) is 1. The molecule has 0 bridgehead atoms. The highest BCUT2D eigenvalue weighted by atomic mass is 19.1. The van der Waals surface area contributed by atoms with E-state index in [4.69, 9.17) is 0 Å². The summed E-state index contributed by atoms with van der Waals surface area (Å²) in [4.78, 5) is 26.1. The highest BCUT2D eigenvalue weighted by Gasteiger charge is 2.30. The fourth-order valence-corrected chi connectivity index (χ4v) is 3.01. The van der Waals surface area contributed by atoms with Crippen LogP contribution in [0.3, 0.4) is 0 Å². The zero-order chi connectivity index (χ0) is 18.0. The predicted molar refractivity (Wildman–Crippen MR) is 95.1 cm³/mol. The molecule has 3 rings (SSSR count). The van der Waals surface area contributed by atoms with Gasteiger partial charge in [0.2, 0.25) is 5.91 Å². The number of carbonyl (C=O) groups is 2. The molecule has 0 spiro atoms. The normalized spacial score (nSPS) is 17.0. The molecule has 1 aliphatic rings. The molecule has 1 atom stereocenters. The summed E-state index contributed by atoms with van der Waals surface area (Å²) in [6, 6.07) is 11.5. The molecular formula is C20H21FN2O2. The summed E-state index contributed by atoms with van der Waals surface area (Å²) in [6.07, 6.45) is 0.380. The highest BCUT2D eigenvalue weighted by molar-refractivity contribution is 5.96. The van der Waals surface area contributed by atoms with Crippen molar-refractivity contribution in [2.24, 2.45) is 5.92 Å². The van der Waals surface area contributed by atoms with Gasteiger partial charge in [-0.2, -0.15) is 0 Å². The first-order valence-electron chi connectivity index (χ1n) is 8.35. The zero-order valence-corrected chi connectivity index (χ0v) is 14.4. The molecule has 2 amide bonds. The Balaban J connectivity index is 1.59. The molecule has 1 saturated heterocycles. The number of nitrogens with zero attached hydrogens (tertiary/aromatic N) is 1. The topological polar surface area (TPSA) is 49.4 Å². The van der Waals surface area contributed by atoms with Crippen LogP contribution in [0.4, 0.5) is 10.1 Å². The number of halogens is 1. The molecule has 25 heavy (non-hydrogen) atoms. The molecular weight excluding hydrogens is 319 g/mol. The first-order valence-corrected chi connectivity index (χ1v) is 8.35. The van der Waals surface area contributed by atoms with E-state index in [1.54, 1.807) is 17.0 Å². The number of rotatable bonds is 4. The quantitative estimate of drug-likeness (QED) is 0.929. The Labute approximate surface area is 146 Å². The summed E-state index contributed by atoms with van der Waals surface area (Å²) in [7, 11) is 0. The van der Waals surface area contributed by atoms with Crippen molar-refractivity contribution in [3.63, 3.8) is 0 Å². The standard InChI is InChI=1S/C20H21FN2O2/c1-13-3-4-16(9-14(13)2)20(25)22-11-15-10-19(24)23(12-15)18-7-5-17(21)6-8-18/h3-9,15H,10-12H2,1-2H3,(H,22,25)/t15-/m0/s1. The van der Waals surface area contributed by atoms with Gasteiger partial charge in [-0.3, -0.25) is 9.59 Å². The maximum absolute atomic E-state index is 13.0. The fourth-order valence-electron chi connectivity index (χ4n) is 3.01. The third kappa shape index (κ3) is 3.87. The molecule has 1 fully saturated rings. The van der Waals surface area contributed by atoms with Crippen LogP contribution in [0.15, 0.2) is 42.5 Å². The van der Waals surface area contributed by atoms with E-state index >= 15 is 0 Å². The molecule has 0 saturated carbocycles. The summed E-state index contributed by atoms with van der Waals surface area (Å²) in [6.45, 7) is 4.94. The van der Waals surface area contributed by atoms with Gasteiger partial charge < -0.3 is 10.2 Å². The SMILES string of the molecule is Cc1ccc(C(=O)NC[C@@H]2CC(=O)N(c3ccc(F)cc3)C2)cc1C. The van der Waals surface area contributed by atoms with Gasteiger partial charge in [0.05, 0.1) is 0 Å². The predicted octanol–water partition coefficient (Wildman–Crippen LogP) is 3.23. The summed E-state index contributed by atoms with van der Waals surface area (Å²) in [5, 5.41) is 2.91. The molecule has 4 nitrogen and oxygen atoms in total. The van der Waals surface area contributed by atoms with E-state index in [0.29, 0.717) is 30.8 Å². The lowest BCUT2D eigenvalue weighted by Gasteiger charge is -2.17. The van der Waals surface area contributed by atoms with Crippen molar-refractivity contribution >= 4 is 17.5 Å². The Bertz CT molecular complexity index is 802. The summed E-state index contributed by atoms with van der Waals surface area (Å²) in [5.74, 6) is -0.409. The van der Waals surface area contributed by atoms with E-state index in [1.165, 1.54) is 12.1 Å². The zero-order valence-electron chi connectivity index (χ0n) is 14.4. The Morgan fingerprint density at radius 3 is 2.56 bits per heavy atom. The average molecular weight is 340 g/mol. The van der Waals surface area contributed by atoms with E-state index < -0.39 is 0 Å². The Morgan fingerprint density at radius 2 is 1.88 bits per heavy atom. The van der Waals surface area contributed by atoms with E-state index in [-0.39, 0.29) is 23.5 Å². The van der Waals surface area contributed by atoms with Crippen LogP contribution in [0.5, 0.6) is 0 Å². The van der Waals surface area contributed by atoms with Crippen molar-refractivity contribution in [3.8, 4) is 0 Å². The molecule has 130 valence electrons. The number of nitrogens with one attached hydrogen (secondary N) is 1. The minimum Gasteiger partial charge on any atom is -0.352 e. The van der Waals surface area contributed by atoms with E-state index in [0.717, 1.165) is 11.1 Å². The molecule has 0 aromatic heterocycles. The van der Waals surface area contributed by atoms with Gasteiger partial charge in [-0.1, -0.05) is 6.07 Å². The molecule has 2 aromatic carbocycles. The molecule has 2 aromatic rings. The Kier molecular flexibility index (Phi) is 4.83. The lowest BCUT2D eigenvalue weighted by Crippen LogP contribution is -2.31. The monoisotopic (exact) mass is 340 g/mol. The maximum atomic E-state index is 13.0. The van der Waals surface area contributed by atoms with Crippen molar-refractivity contribution in [2.45, 2.75) is 20.3 Å². The number of anilines is 1. The molecule has 5 heteroatoms. The van der Waals surface area contributed by atoms with Gasteiger partial charge in [0.25, 0.3) is 5.91 Å². The highest BCUT2D eigenvalue weighted by Crippen LogP contribution is 2.25. The average Bonchev–Trinajstić information content (AvgIpc) is 2.96. The Hall–Kier alpha value is -2.69. The Morgan fingerprint density at radius 1 is 1.16 bits per heavy atom. The third-order valence-electron chi connectivity index (χ3n) is 4.66. The summed E-state index contributed by atoms with van der Waals surface area (Å²) in [5.41, 5.74) is 3.54. The molecule has 0 aliphatic carbocycles. The van der Waals surface area contributed by atoms with Crippen molar-refractivity contribution in [2.75, 3.05) is 18.0 Å². The van der Waals surface area contributed by atoms with E-state index in [2.05, 4.69) is 5.32 Å². The minimum absolute atomic E-state index is 0.00274. The van der Waals surface area contributed by atoms with Gasteiger partial charge in [-0.15, -0.1) is 0 Å². The van der Waals surface area contributed by atoms with Gasteiger partial charge in [-0.25, -0.2) is 4.39 Å². The van der Waals surface area contributed by atoms with Crippen LogP contribution in [0.2, 0.25) is 0 Å². The molecule has 1 aliphatic heterocycles. The summed E-state index contributed by atoms with van der Waals surface area (Å²) >= 11 is 0. The molecule has 0 unspecified atom stereocenters. The molecule has 1 heterocycles. The second-order valence-corrected chi connectivity index (χ2v) is 6.56. The van der Waals surface area contributed by atoms with E-state index in [9.17, 15) is 14.0 Å². The summed E-state index contributed by atoms with van der Waals surface area (Å²) < 4.78 is 13.0. The van der Waals surface area contributed by atoms with Crippen LogP contribution in [0, 0.1) is 25.6 Å². The number of benzene rings is 2. The van der Waals surface area contributed by atoms with Crippen molar-refractivity contribution < 1.29 is 14.0 Å². The minimum atomic E-state index is -0.326. The van der Waals surface area contributed by atoms with Crippen LogP contribution in [0.25, 0.3) is 0 Å². The number of amides is 2. The van der Waals surface area contributed by atoms with Crippen LogP contribution in [-0.2, 0) is 4.79 Å². The van der Waals surface area contributed by atoms with Crippen molar-refractivity contribution in [1.82, 2.24) is 5.32 Å². The lowest BCUT2D eigenvalue weighted by atomic mass is 10.1. The number of carbonyl (C=O) groups excluding carboxylic acids is 2. The van der Waals surface area contributed by atoms with Crippen molar-refractivity contribution in [3.05, 3.63) is 65.0 Å². The van der Waals surface area contributed by atoms with Gasteiger partial charge in [0.15, 0.2) is 0 Å². The first-order chi connectivity index (χ1) is 11.9. The van der Waals surface area contributed by atoms with Crippen LogP contribution in [-0.4, -0.2) is 24.9 Å². The second kappa shape index (κ2) is 7.05. The first kappa shape index (κ1) is 17.1. The van der Waals surface area contributed by atoms with Crippen LogP contribution in [0.1, 0.15) is 27.9 Å². The van der Waals surface area contributed by atoms with Gasteiger partial charge in [0.1, 0.15) is 5.82 Å². The van der Waals surface area contributed by atoms with E-state index in [1.807, 2.05) is 32.0 Å². The van der Waals surface area contributed by atoms with Gasteiger partial charge in [0, 0.05) is 36.7 Å². The number of hydrogen-bond acceptors (Lipinski definition) is 2. The smallest absolute Gasteiger partial charge is 0.251 e. The number of aryl methyl sites for hydroxylation is 2. The van der Waals surface area contributed by atoms with Crippen LogP contribution < -0.4 is 10.2 Å². The van der Waals surface area contributed by atoms with Crippen molar-refractivity contribution in [1.29, 1.82) is 0 Å². The van der Waals surface area contributed by atoms with Gasteiger partial charge >= 0.3 is 0 Å².